The molecule has 19 heavy (non-hydrogen) atoms. The molecule has 0 aliphatic rings. The van der Waals surface area contributed by atoms with Gasteiger partial charge in [-0.1, -0.05) is 18.2 Å². The van der Waals surface area contributed by atoms with Crippen molar-refractivity contribution in [2.24, 2.45) is 0 Å². The lowest BCUT2D eigenvalue weighted by Gasteiger charge is -2.19. The lowest BCUT2D eigenvalue weighted by molar-refractivity contribution is -0.128. The number of nitrogens with zero attached hydrogens (tertiary/aromatic N) is 1. The van der Waals surface area contributed by atoms with Gasteiger partial charge in [0.15, 0.2) is 0 Å². The van der Waals surface area contributed by atoms with Crippen LogP contribution in [-0.4, -0.2) is 36.3 Å². The Morgan fingerprint density at radius 1 is 1.42 bits per heavy atom. The minimum atomic E-state index is -0.158. The smallest absolute Gasteiger partial charge is 0.252 e. The van der Waals surface area contributed by atoms with Crippen LogP contribution in [0.2, 0.25) is 0 Å². The summed E-state index contributed by atoms with van der Waals surface area (Å²) >= 11 is 3.33. The molecule has 0 fully saturated rings. The van der Waals surface area contributed by atoms with E-state index in [2.05, 4.69) is 27.8 Å². The van der Waals surface area contributed by atoms with Crippen LogP contribution in [0, 0.1) is 0 Å². The summed E-state index contributed by atoms with van der Waals surface area (Å²) in [7, 11) is 0. The van der Waals surface area contributed by atoms with Crippen LogP contribution in [0.4, 0.5) is 0 Å². The predicted molar refractivity (Wildman–Crippen MR) is 78.9 cm³/mol. The predicted octanol–water partition coefficient (Wildman–Crippen LogP) is 2.21. The Morgan fingerprint density at radius 2 is 2.11 bits per heavy atom. The first-order chi connectivity index (χ1) is 9.06. The van der Waals surface area contributed by atoms with Gasteiger partial charge in [-0.15, -0.1) is 6.58 Å². The quantitative estimate of drug-likeness (QED) is 0.816. The van der Waals surface area contributed by atoms with Crippen molar-refractivity contribution in [2.75, 3.05) is 19.6 Å². The largest absolute Gasteiger partial charge is 0.350 e. The molecule has 0 spiro atoms. The van der Waals surface area contributed by atoms with E-state index in [1.807, 2.05) is 12.1 Å². The highest BCUT2D eigenvalue weighted by Gasteiger charge is 2.10. The molecule has 0 aliphatic carbocycles. The van der Waals surface area contributed by atoms with E-state index in [4.69, 9.17) is 0 Å². The standard InChI is InChI=1S/C14H17BrN2O2/c1-3-9-17(11(2)18)10-8-16-14(19)12-6-4-5-7-13(12)15/h3-7H,1,8-10H2,2H3,(H,16,19). The van der Waals surface area contributed by atoms with Crippen LogP contribution in [0.5, 0.6) is 0 Å². The molecule has 1 aromatic carbocycles. The second kappa shape index (κ2) is 7.74. The van der Waals surface area contributed by atoms with Crippen LogP contribution in [0.25, 0.3) is 0 Å². The SMILES string of the molecule is C=CCN(CCNC(=O)c1ccccc1Br)C(C)=O. The van der Waals surface area contributed by atoms with Gasteiger partial charge in [0.05, 0.1) is 5.56 Å². The number of nitrogens with one attached hydrogen (secondary N) is 1. The van der Waals surface area contributed by atoms with Crippen LogP contribution < -0.4 is 5.32 Å². The van der Waals surface area contributed by atoms with Crippen molar-refractivity contribution in [2.45, 2.75) is 6.92 Å². The monoisotopic (exact) mass is 324 g/mol. The van der Waals surface area contributed by atoms with Crippen molar-refractivity contribution in [3.8, 4) is 0 Å². The maximum atomic E-state index is 11.9. The third kappa shape index (κ3) is 4.87. The number of benzene rings is 1. The van der Waals surface area contributed by atoms with E-state index in [9.17, 15) is 9.59 Å². The summed E-state index contributed by atoms with van der Waals surface area (Å²) in [6.07, 6.45) is 1.66. The summed E-state index contributed by atoms with van der Waals surface area (Å²) in [6.45, 7) is 6.46. The van der Waals surface area contributed by atoms with Crippen LogP contribution in [0.15, 0.2) is 41.4 Å². The molecule has 4 nitrogen and oxygen atoms in total. The second-order valence-electron chi connectivity index (χ2n) is 3.99. The normalized spacial score (nSPS) is 9.79. The zero-order chi connectivity index (χ0) is 14.3. The molecule has 0 aliphatic heterocycles. The molecule has 0 bridgehead atoms. The van der Waals surface area contributed by atoms with Gasteiger partial charge in [-0.05, 0) is 28.1 Å². The van der Waals surface area contributed by atoms with Crippen LogP contribution in [0.1, 0.15) is 17.3 Å². The average Bonchev–Trinajstić information content (AvgIpc) is 2.37. The van der Waals surface area contributed by atoms with Gasteiger partial charge in [-0.25, -0.2) is 0 Å². The van der Waals surface area contributed by atoms with Gasteiger partial charge < -0.3 is 10.2 Å². The summed E-state index contributed by atoms with van der Waals surface area (Å²) < 4.78 is 0.752. The van der Waals surface area contributed by atoms with E-state index in [0.29, 0.717) is 25.2 Å². The molecular formula is C14H17BrN2O2. The number of rotatable bonds is 6. The second-order valence-corrected chi connectivity index (χ2v) is 4.84. The fraction of sp³-hybridized carbons (Fsp3) is 0.286. The molecular weight excluding hydrogens is 308 g/mol. The average molecular weight is 325 g/mol. The van der Waals surface area contributed by atoms with Gasteiger partial charge in [-0.3, -0.25) is 9.59 Å². The van der Waals surface area contributed by atoms with Gasteiger partial charge >= 0.3 is 0 Å². The first-order valence-corrected chi connectivity index (χ1v) is 6.74. The fourth-order valence-electron chi connectivity index (χ4n) is 1.58. The third-order valence-electron chi connectivity index (χ3n) is 2.58. The van der Waals surface area contributed by atoms with Crippen molar-refractivity contribution in [3.05, 3.63) is 47.0 Å². The summed E-state index contributed by atoms with van der Waals surface area (Å²) in [5.41, 5.74) is 0.584. The van der Waals surface area contributed by atoms with Crippen molar-refractivity contribution in [3.63, 3.8) is 0 Å². The van der Waals surface area contributed by atoms with E-state index in [0.717, 1.165) is 4.47 Å². The molecule has 5 heteroatoms. The lowest BCUT2D eigenvalue weighted by Crippen LogP contribution is -2.37. The Kier molecular flexibility index (Phi) is 6.29. The molecule has 1 aromatic rings. The first kappa shape index (κ1) is 15.4. The molecule has 0 aromatic heterocycles. The Morgan fingerprint density at radius 3 is 2.68 bits per heavy atom. The summed E-state index contributed by atoms with van der Waals surface area (Å²) in [5.74, 6) is -0.190. The highest BCUT2D eigenvalue weighted by Crippen LogP contribution is 2.15. The highest BCUT2D eigenvalue weighted by molar-refractivity contribution is 9.10. The summed E-state index contributed by atoms with van der Waals surface area (Å²) in [4.78, 5) is 24.8. The lowest BCUT2D eigenvalue weighted by atomic mass is 10.2. The van der Waals surface area contributed by atoms with Crippen molar-refractivity contribution < 1.29 is 9.59 Å². The number of carbonyl (C=O) groups is 2. The maximum absolute atomic E-state index is 11.9. The molecule has 1 rings (SSSR count). The Balaban J connectivity index is 2.49. The minimum Gasteiger partial charge on any atom is -0.350 e. The Hall–Kier alpha value is -1.62. The summed E-state index contributed by atoms with van der Waals surface area (Å²) in [5, 5.41) is 2.79. The first-order valence-electron chi connectivity index (χ1n) is 5.95. The van der Waals surface area contributed by atoms with E-state index in [1.54, 1.807) is 23.1 Å². The number of hydrogen-bond donors (Lipinski definition) is 1. The van der Waals surface area contributed by atoms with Crippen LogP contribution in [-0.2, 0) is 4.79 Å². The van der Waals surface area contributed by atoms with Crippen molar-refractivity contribution in [1.82, 2.24) is 10.2 Å². The van der Waals surface area contributed by atoms with Gasteiger partial charge in [0.1, 0.15) is 0 Å². The molecule has 102 valence electrons. The van der Waals surface area contributed by atoms with Crippen molar-refractivity contribution >= 4 is 27.7 Å². The zero-order valence-corrected chi connectivity index (χ0v) is 12.4. The fourth-order valence-corrected chi connectivity index (χ4v) is 2.04. The number of hydrogen-bond acceptors (Lipinski definition) is 2. The van der Waals surface area contributed by atoms with E-state index >= 15 is 0 Å². The summed E-state index contributed by atoms with van der Waals surface area (Å²) in [6, 6.07) is 7.21. The Labute approximate surface area is 121 Å². The zero-order valence-electron chi connectivity index (χ0n) is 10.9. The number of amides is 2. The minimum absolute atomic E-state index is 0.0324. The molecule has 0 unspecified atom stereocenters. The molecule has 0 saturated heterocycles. The van der Waals surface area contributed by atoms with E-state index in [1.165, 1.54) is 6.92 Å². The van der Waals surface area contributed by atoms with E-state index < -0.39 is 0 Å². The Bertz CT molecular complexity index is 474. The highest BCUT2D eigenvalue weighted by atomic mass is 79.9. The molecule has 0 heterocycles. The molecule has 0 radical (unpaired) electrons. The van der Waals surface area contributed by atoms with Crippen LogP contribution >= 0.6 is 15.9 Å². The molecule has 2 amide bonds. The number of halogens is 1. The van der Waals surface area contributed by atoms with E-state index in [-0.39, 0.29) is 11.8 Å². The van der Waals surface area contributed by atoms with Crippen LogP contribution in [0.3, 0.4) is 0 Å². The van der Waals surface area contributed by atoms with Gasteiger partial charge in [0.2, 0.25) is 5.91 Å². The molecule has 0 saturated carbocycles. The maximum Gasteiger partial charge on any atom is 0.252 e. The third-order valence-corrected chi connectivity index (χ3v) is 3.27. The van der Waals surface area contributed by atoms with Crippen molar-refractivity contribution in [1.29, 1.82) is 0 Å². The topological polar surface area (TPSA) is 49.4 Å². The number of carbonyl (C=O) groups excluding carboxylic acids is 2. The molecule has 1 N–H and O–H groups in total. The van der Waals surface area contributed by atoms with Gasteiger partial charge in [-0.2, -0.15) is 0 Å². The molecule has 0 atom stereocenters. The van der Waals surface area contributed by atoms with Gasteiger partial charge in [0.25, 0.3) is 5.91 Å². The van der Waals surface area contributed by atoms with Gasteiger partial charge in [0, 0.05) is 31.0 Å².